The molecule has 5 nitrogen and oxygen atoms in total. The van der Waals surface area contributed by atoms with Gasteiger partial charge in [0.2, 0.25) is 0 Å². The summed E-state index contributed by atoms with van der Waals surface area (Å²) in [4.78, 5) is 25.5. The van der Waals surface area contributed by atoms with E-state index in [0.29, 0.717) is 6.54 Å². The Kier molecular flexibility index (Phi) is 7.75. The number of carbonyl (C=O) groups excluding carboxylic acids is 2. The number of rotatable bonds is 8. The van der Waals surface area contributed by atoms with E-state index in [1.165, 1.54) is 14.2 Å². The van der Waals surface area contributed by atoms with Gasteiger partial charge in [0, 0.05) is 17.2 Å². The van der Waals surface area contributed by atoms with Crippen molar-refractivity contribution in [3.63, 3.8) is 0 Å². The fourth-order valence-electron chi connectivity index (χ4n) is 1.52. The summed E-state index contributed by atoms with van der Waals surface area (Å²) < 4.78 is 9.24. The lowest BCUT2D eigenvalue weighted by Crippen LogP contribution is -2.37. The molecule has 0 aliphatic rings. The molecular weight excluding hydrogens is 278 g/mol. The third-order valence-electron chi connectivity index (χ3n) is 2.58. The molecule has 1 aromatic carbocycles. The van der Waals surface area contributed by atoms with E-state index >= 15 is 0 Å². The van der Waals surface area contributed by atoms with Crippen molar-refractivity contribution in [3.05, 3.63) is 30.3 Å². The molecule has 1 aromatic rings. The quantitative estimate of drug-likeness (QED) is 0.534. The monoisotopic (exact) mass is 297 g/mol. The highest BCUT2D eigenvalue weighted by Gasteiger charge is 2.15. The number of ether oxygens (including phenoxy) is 2. The van der Waals surface area contributed by atoms with Gasteiger partial charge in [-0.2, -0.15) is 0 Å². The van der Waals surface area contributed by atoms with Gasteiger partial charge in [-0.15, -0.1) is 11.8 Å². The molecule has 0 unspecified atom stereocenters. The van der Waals surface area contributed by atoms with Crippen LogP contribution in [0.2, 0.25) is 0 Å². The summed E-state index contributed by atoms with van der Waals surface area (Å²) in [7, 11) is 2.66. The second kappa shape index (κ2) is 9.39. The maximum atomic E-state index is 11.3. The highest BCUT2D eigenvalue weighted by Crippen LogP contribution is 2.16. The lowest BCUT2D eigenvalue weighted by molar-refractivity contribution is -0.145. The van der Waals surface area contributed by atoms with Crippen LogP contribution < -0.4 is 0 Å². The van der Waals surface area contributed by atoms with Crippen LogP contribution in [-0.4, -0.2) is 56.4 Å². The minimum absolute atomic E-state index is 0.0843. The molecule has 0 amide bonds. The first-order valence-electron chi connectivity index (χ1n) is 6.19. The lowest BCUT2D eigenvalue weighted by Gasteiger charge is -2.19. The lowest BCUT2D eigenvalue weighted by atomic mass is 10.4. The highest BCUT2D eigenvalue weighted by molar-refractivity contribution is 7.99. The Labute approximate surface area is 123 Å². The van der Waals surface area contributed by atoms with Gasteiger partial charge in [0.15, 0.2) is 0 Å². The van der Waals surface area contributed by atoms with Crippen LogP contribution in [0, 0.1) is 0 Å². The molecule has 0 N–H and O–H groups in total. The minimum atomic E-state index is -0.362. The summed E-state index contributed by atoms with van der Waals surface area (Å²) in [5, 5.41) is 0. The van der Waals surface area contributed by atoms with Gasteiger partial charge in [-0.1, -0.05) is 18.2 Å². The second-order valence-electron chi connectivity index (χ2n) is 4.02. The first-order valence-corrected chi connectivity index (χ1v) is 7.18. The van der Waals surface area contributed by atoms with Crippen molar-refractivity contribution in [2.24, 2.45) is 0 Å². The van der Waals surface area contributed by atoms with Gasteiger partial charge in [-0.25, -0.2) is 0 Å². The molecular formula is C14H19NO4S. The van der Waals surface area contributed by atoms with Gasteiger partial charge in [0.25, 0.3) is 0 Å². The average molecular weight is 297 g/mol. The van der Waals surface area contributed by atoms with Crippen molar-refractivity contribution in [3.8, 4) is 0 Å². The summed E-state index contributed by atoms with van der Waals surface area (Å²) in [6.45, 7) is 0.770. The number of carbonyl (C=O) groups is 2. The van der Waals surface area contributed by atoms with Crippen molar-refractivity contribution in [1.82, 2.24) is 4.90 Å². The van der Waals surface area contributed by atoms with E-state index in [1.807, 2.05) is 30.3 Å². The van der Waals surface area contributed by atoms with Crippen LogP contribution in [0.1, 0.15) is 0 Å². The fraction of sp³-hybridized carbons (Fsp3) is 0.429. The van der Waals surface area contributed by atoms with Crippen LogP contribution in [-0.2, 0) is 19.1 Å². The van der Waals surface area contributed by atoms with Gasteiger partial charge in [0.1, 0.15) is 0 Å². The molecule has 0 aromatic heterocycles. The highest BCUT2D eigenvalue weighted by atomic mass is 32.2. The van der Waals surface area contributed by atoms with E-state index in [1.54, 1.807) is 16.7 Å². The standard InChI is InChI=1S/C14H19NO4S/c1-18-13(16)10-15(11-14(17)19-2)8-9-20-12-6-4-3-5-7-12/h3-7H,8-11H2,1-2H3. The maximum absolute atomic E-state index is 11.3. The van der Waals surface area contributed by atoms with E-state index in [4.69, 9.17) is 0 Å². The molecule has 0 bridgehead atoms. The molecule has 0 spiro atoms. The Balaban J connectivity index is 2.42. The SMILES string of the molecule is COC(=O)CN(CCSc1ccccc1)CC(=O)OC. The summed E-state index contributed by atoms with van der Waals surface area (Å²) in [5.41, 5.74) is 0. The van der Waals surface area contributed by atoms with Crippen molar-refractivity contribution in [1.29, 1.82) is 0 Å². The Bertz CT molecular complexity index is 406. The normalized spacial score (nSPS) is 10.3. The Morgan fingerprint density at radius 3 is 2.10 bits per heavy atom. The number of nitrogens with zero attached hydrogens (tertiary/aromatic N) is 1. The molecule has 110 valence electrons. The first-order chi connectivity index (χ1) is 9.65. The molecule has 0 aliphatic heterocycles. The van der Waals surface area contributed by atoms with Gasteiger partial charge in [-0.05, 0) is 12.1 Å². The van der Waals surface area contributed by atoms with Crippen molar-refractivity contribution in [2.75, 3.05) is 39.6 Å². The molecule has 1 rings (SSSR count). The summed E-state index contributed by atoms with van der Waals surface area (Å²) in [6, 6.07) is 9.96. The minimum Gasteiger partial charge on any atom is -0.468 e. The summed E-state index contributed by atoms with van der Waals surface area (Å²) in [5.74, 6) is 0.0510. The summed E-state index contributed by atoms with van der Waals surface area (Å²) >= 11 is 1.67. The predicted octanol–water partition coefficient (Wildman–Crippen LogP) is 1.43. The van der Waals surface area contributed by atoms with Gasteiger partial charge in [0.05, 0.1) is 27.3 Å². The van der Waals surface area contributed by atoms with Crippen LogP contribution in [0.3, 0.4) is 0 Å². The third-order valence-corrected chi connectivity index (χ3v) is 3.57. The van der Waals surface area contributed by atoms with Crippen molar-refractivity contribution < 1.29 is 19.1 Å². The number of methoxy groups -OCH3 is 2. The number of hydrogen-bond donors (Lipinski definition) is 0. The number of esters is 2. The fourth-order valence-corrected chi connectivity index (χ4v) is 2.45. The average Bonchev–Trinajstić information content (AvgIpc) is 2.47. The molecule has 6 heteroatoms. The summed E-state index contributed by atoms with van der Waals surface area (Å²) in [6.07, 6.45) is 0. The zero-order chi connectivity index (χ0) is 14.8. The van der Waals surface area contributed by atoms with Crippen molar-refractivity contribution >= 4 is 23.7 Å². The molecule has 20 heavy (non-hydrogen) atoms. The van der Waals surface area contributed by atoms with Crippen LogP contribution in [0.25, 0.3) is 0 Å². The van der Waals surface area contributed by atoms with E-state index in [9.17, 15) is 9.59 Å². The Morgan fingerprint density at radius 2 is 1.60 bits per heavy atom. The molecule has 0 atom stereocenters. The zero-order valence-corrected chi connectivity index (χ0v) is 12.5. The third kappa shape index (κ3) is 6.58. The molecule has 0 saturated carbocycles. The van der Waals surface area contributed by atoms with E-state index in [-0.39, 0.29) is 25.0 Å². The van der Waals surface area contributed by atoms with E-state index in [2.05, 4.69) is 9.47 Å². The Hall–Kier alpha value is -1.53. The van der Waals surface area contributed by atoms with E-state index < -0.39 is 0 Å². The van der Waals surface area contributed by atoms with Crippen LogP contribution >= 0.6 is 11.8 Å². The zero-order valence-electron chi connectivity index (χ0n) is 11.7. The van der Waals surface area contributed by atoms with Crippen LogP contribution in [0.4, 0.5) is 0 Å². The van der Waals surface area contributed by atoms with Gasteiger partial charge < -0.3 is 9.47 Å². The topological polar surface area (TPSA) is 55.8 Å². The molecule has 0 saturated heterocycles. The molecule has 0 fully saturated rings. The molecule has 0 aliphatic carbocycles. The predicted molar refractivity (Wildman–Crippen MR) is 77.6 cm³/mol. The number of hydrogen-bond acceptors (Lipinski definition) is 6. The van der Waals surface area contributed by atoms with Crippen LogP contribution in [0.5, 0.6) is 0 Å². The van der Waals surface area contributed by atoms with E-state index in [0.717, 1.165) is 10.6 Å². The number of thioether (sulfide) groups is 1. The molecule has 0 heterocycles. The largest absolute Gasteiger partial charge is 0.468 e. The Morgan fingerprint density at radius 1 is 1.05 bits per heavy atom. The maximum Gasteiger partial charge on any atom is 0.319 e. The second-order valence-corrected chi connectivity index (χ2v) is 5.19. The first kappa shape index (κ1) is 16.5. The molecule has 0 radical (unpaired) electrons. The number of benzene rings is 1. The van der Waals surface area contributed by atoms with Gasteiger partial charge >= 0.3 is 11.9 Å². The smallest absolute Gasteiger partial charge is 0.319 e. The van der Waals surface area contributed by atoms with Crippen molar-refractivity contribution in [2.45, 2.75) is 4.90 Å². The van der Waals surface area contributed by atoms with Crippen LogP contribution in [0.15, 0.2) is 35.2 Å². The van der Waals surface area contributed by atoms with Gasteiger partial charge in [-0.3, -0.25) is 14.5 Å².